The Morgan fingerprint density at radius 1 is 1.35 bits per heavy atom. The Hall–Kier alpha value is -2.02. The van der Waals surface area contributed by atoms with Crippen LogP contribution < -0.4 is 5.56 Å². The normalized spacial score (nSPS) is 17.4. The Kier molecular flexibility index (Phi) is 5.15. The van der Waals surface area contributed by atoms with E-state index >= 15 is 0 Å². The first-order valence-electron chi connectivity index (χ1n) is 9.03. The van der Waals surface area contributed by atoms with E-state index in [2.05, 4.69) is 22.4 Å². The minimum Gasteiger partial charge on any atom is -0.377 e. The Balaban J connectivity index is 1.60. The van der Waals surface area contributed by atoms with Crippen LogP contribution in [0.3, 0.4) is 0 Å². The zero-order valence-corrected chi connectivity index (χ0v) is 15.7. The Morgan fingerprint density at radius 2 is 2.27 bits per heavy atom. The van der Waals surface area contributed by atoms with Crippen LogP contribution >= 0.6 is 11.3 Å². The topological polar surface area (TPSA) is 46.8 Å². The minimum absolute atomic E-state index is 0.0260. The van der Waals surface area contributed by atoms with Crippen molar-refractivity contribution in [1.82, 2.24) is 14.3 Å². The van der Waals surface area contributed by atoms with E-state index in [9.17, 15) is 4.79 Å². The molecule has 3 aromatic rings. The predicted octanol–water partition coefficient (Wildman–Crippen LogP) is 3.25. The second kappa shape index (κ2) is 7.70. The van der Waals surface area contributed by atoms with Crippen LogP contribution in [-0.4, -0.2) is 33.5 Å². The van der Waals surface area contributed by atoms with Gasteiger partial charge < -0.3 is 4.74 Å². The highest BCUT2D eigenvalue weighted by atomic mass is 32.1. The fourth-order valence-electron chi connectivity index (χ4n) is 3.50. The summed E-state index contributed by atoms with van der Waals surface area (Å²) in [6.45, 7) is 5.21. The van der Waals surface area contributed by atoms with Gasteiger partial charge in [-0.15, -0.1) is 11.3 Å². The van der Waals surface area contributed by atoms with Gasteiger partial charge in [-0.2, -0.15) is 0 Å². The first-order valence-corrected chi connectivity index (χ1v) is 9.91. The van der Waals surface area contributed by atoms with Gasteiger partial charge in [0.2, 0.25) is 0 Å². The van der Waals surface area contributed by atoms with Crippen LogP contribution in [0.5, 0.6) is 0 Å². The maximum Gasteiger partial charge on any atom is 0.258 e. The molecule has 1 aliphatic rings. The molecule has 1 atom stereocenters. The smallest absolute Gasteiger partial charge is 0.258 e. The van der Waals surface area contributed by atoms with Crippen LogP contribution in [0, 0.1) is 6.92 Å². The summed E-state index contributed by atoms with van der Waals surface area (Å²) in [5, 5.41) is 2.10. The monoisotopic (exact) mass is 369 g/mol. The summed E-state index contributed by atoms with van der Waals surface area (Å²) in [6, 6.07) is 9.75. The van der Waals surface area contributed by atoms with E-state index < -0.39 is 0 Å². The first-order chi connectivity index (χ1) is 12.7. The molecule has 0 aromatic carbocycles. The summed E-state index contributed by atoms with van der Waals surface area (Å²) in [5.74, 6) is 0. The van der Waals surface area contributed by atoms with Crippen molar-refractivity contribution in [3.8, 4) is 0 Å². The number of aromatic nitrogens is 2. The second-order valence-electron chi connectivity index (χ2n) is 6.85. The van der Waals surface area contributed by atoms with Crippen molar-refractivity contribution in [3.05, 3.63) is 68.4 Å². The van der Waals surface area contributed by atoms with Gasteiger partial charge >= 0.3 is 0 Å². The Labute approximate surface area is 156 Å². The van der Waals surface area contributed by atoms with E-state index in [1.54, 1.807) is 28.0 Å². The molecule has 1 saturated heterocycles. The molecule has 4 rings (SSSR count). The zero-order valence-electron chi connectivity index (χ0n) is 14.9. The van der Waals surface area contributed by atoms with Crippen LogP contribution in [0.4, 0.5) is 0 Å². The maximum absolute atomic E-state index is 12.5. The van der Waals surface area contributed by atoms with Gasteiger partial charge in [0, 0.05) is 43.4 Å². The van der Waals surface area contributed by atoms with Gasteiger partial charge in [-0.05, 0) is 42.8 Å². The highest BCUT2D eigenvalue weighted by Crippen LogP contribution is 2.19. The Morgan fingerprint density at radius 3 is 3.04 bits per heavy atom. The number of fused-ring (bicyclic) bond motifs is 1. The van der Waals surface area contributed by atoms with Gasteiger partial charge in [-0.25, -0.2) is 4.98 Å². The van der Waals surface area contributed by atoms with Gasteiger partial charge in [0.1, 0.15) is 5.65 Å². The van der Waals surface area contributed by atoms with Gasteiger partial charge in [-0.1, -0.05) is 12.1 Å². The van der Waals surface area contributed by atoms with Crippen molar-refractivity contribution in [1.29, 1.82) is 0 Å². The predicted molar refractivity (Wildman–Crippen MR) is 104 cm³/mol. The molecule has 4 heterocycles. The Bertz CT molecular complexity index is 930. The van der Waals surface area contributed by atoms with Gasteiger partial charge in [0.15, 0.2) is 0 Å². The maximum atomic E-state index is 12.5. The molecule has 1 fully saturated rings. The fourth-order valence-corrected chi connectivity index (χ4v) is 4.25. The molecule has 0 N–H and O–H groups in total. The lowest BCUT2D eigenvalue weighted by molar-refractivity contribution is 0.0678. The van der Waals surface area contributed by atoms with Crippen LogP contribution in [0.1, 0.15) is 29.0 Å². The summed E-state index contributed by atoms with van der Waals surface area (Å²) in [5.41, 5.74) is 2.54. The third-order valence-electron chi connectivity index (χ3n) is 4.77. The lowest BCUT2D eigenvalue weighted by Crippen LogP contribution is -2.32. The standard InChI is InChI=1S/C20H23N3O2S/c1-15-5-2-8-23-19(24)11-16(21-20(15)23)12-22(13-17-6-3-9-25-17)14-18-7-4-10-26-18/h2,4-5,7-8,10-11,17H,3,6,9,12-14H2,1H3. The number of nitrogens with zero attached hydrogens (tertiary/aromatic N) is 3. The van der Waals surface area contributed by atoms with Crippen LogP contribution in [0.2, 0.25) is 0 Å². The summed E-state index contributed by atoms with van der Waals surface area (Å²) < 4.78 is 7.44. The molecule has 0 radical (unpaired) electrons. The van der Waals surface area contributed by atoms with Crippen molar-refractivity contribution in [2.24, 2.45) is 0 Å². The lowest BCUT2D eigenvalue weighted by atomic mass is 10.2. The van der Waals surface area contributed by atoms with Crippen LogP contribution in [0.15, 0.2) is 46.7 Å². The van der Waals surface area contributed by atoms with Crippen LogP contribution in [0.25, 0.3) is 5.65 Å². The molecule has 136 valence electrons. The van der Waals surface area contributed by atoms with Crippen molar-refractivity contribution in [2.45, 2.75) is 39.0 Å². The molecule has 0 aliphatic carbocycles. The summed E-state index contributed by atoms with van der Waals surface area (Å²) in [4.78, 5) is 20.9. The third kappa shape index (κ3) is 3.87. The molecular formula is C20H23N3O2S. The van der Waals surface area contributed by atoms with Crippen molar-refractivity contribution >= 4 is 17.0 Å². The number of aryl methyl sites for hydroxylation is 1. The zero-order chi connectivity index (χ0) is 17.9. The SMILES string of the molecule is Cc1cccn2c(=O)cc(CN(Cc3cccs3)CC3CCCO3)nc12. The summed E-state index contributed by atoms with van der Waals surface area (Å²) >= 11 is 1.76. The van der Waals surface area contributed by atoms with E-state index in [0.29, 0.717) is 6.54 Å². The fraction of sp³-hybridized carbons (Fsp3) is 0.400. The molecule has 0 bridgehead atoms. The summed E-state index contributed by atoms with van der Waals surface area (Å²) in [7, 11) is 0. The second-order valence-corrected chi connectivity index (χ2v) is 7.89. The molecule has 3 aromatic heterocycles. The van der Waals surface area contributed by atoms with Gasteiger partial charge in [0.25, 0.3) is 5.56 Å². The van der Waals surface area contributed by atoms with Gasteiger partial charge in [0.05, 0.1) is 11.8 Å². The van der Waals surface area contributed by atoms with Crippen molar-refractivity contribution in [3.63, 3.8) is 0 Å². The number of thiophene rings is 1. The van der Waals surface area contributed by atoms with E-state index in [4.69, 9.17) is 9.72 Å². The first kappa shape index (κ1) is 17.4. The largest absolute Gasteiger partial charge is 0.377 e. The number of pyridine rings is 1. The average molecular weight is 369 g/mol. The van der Waals surface area contributed by atoms with E-state index in [1.807, 2.05) is 19.1 Å². The molecule has 0 amide bonds. The third-order valence-corrected chi connectivity index (χ3v) is 5.63. The highest BCUT2D eigenvalue weighted by molar-refractivity contribution is 7.09. The quantitative estimate of drug-likeness (QED) is 0.669. The number of rotatable bonds is 6. The number of ether oxygens (including phenoxy) is 1. The van der Waals surface area contributed by atoms with Crippen LogP contribution in [-0.2, 0) is 17.8 Å². The van der Waals surface area contributed by atoms with Crippen molar-refractivity contribution < 1.29 is 4.74 Å². The molecule has 0 saturated carbocycles. The highest BCUT2D eigenvalue weighted by Gasteiger charge is 2.20. The molecular weight excluding hydrogens is 346 g/mol. The molecule has 1 aliphatic heterocycles. The molecule has 6 heteroatoms. The number of hydrogen-bond donors (Lipinski definition) is 0. The summed E-state index contributed by atoms with van der Waals surface area (Å²) in [6.07, 6.45) is 4.29. The van der Waals surface area contributed by atoms with E-state index in [0.717, 1.165) is 49.4 Å². The van der Waals surface area contributed by atoms with E-state index in [1.165, 1.54) is 4.88 Å². The average Bonchev–Trinajstić information content (AvgIpc) is 3.30. The minimum atomic E-state index is -0.0260. The lowest BCUT2D eigenvalue weighted by Gasteiger charge is -2.24. The van der Waals surface area contributed by atoms with E-state index in [-0.39, 0.29) is 11.7 Å². The molecule has 0 spiro atoms. The van der Waals surface area contributed by atoms with Gasteiger partial charge in [-0.3, -0.25) is 14.1 Å². The molecule has 5 nitrogen and oxygen atoms in total. The van der Waals surface area contributed by atoms with Crippen molar-refractivity contribution in [2.75, 3.05) is 13.2 Å². The number of hydrogen-bond acceptors (Lipinski definition) is 5. The molecule has 26 heavy (non-hydrogen) atoms. The molecule has 1 unspecified atom stereocenters.